The Bertz CT molecular complexity index is 726. The number of nitrogens with one attached hydrogen (secondary N) is 2. The van der Waals surface area contributed by atoms with E-state index in [4.69, 9.17) is 4.74 Å². The number of aromatic nitrogens is 1. The minimum atomic E-state index is -2.86. The number of rotatable bonds is 8. The highest BCUT2D eigenvalue weighted by Gasteiger charge is 2.10. The second-order valence-electron chi connectivity index (χ2n) is 5.21. The minimum Gasteiger partial charge on any atom is -0.481 e. The summed E-state index contributed by atoms with van der Waals surface area (Å²) in [6.45, 7) is 0.387. The van der Waals surface area contributed by atoms with E-state index in [9.17, 15) is 8.78 Å². The summed E-state index contributed by atoms with van der Waals surface area (Å²) in [6.07, 6.45) is 1.65. The zero-order valence-electron chi connectivity index (χ0n) is 14.7. The molecule has 0 saturated heterocycles. The highest BCUT2D eigenvalue weighted by molar-refractivity contribution is 5.79. The summed E-state index contributed by atoms with van der Waals surface area (Å²) >= 11 is 0. The Balaban J connectivity index is 2.06. The van der Waals surface area contributed by atoms with E-state index in [1.165, 1.54) is 6.07 Å². The minimum absolute atomic E-state index is 0.139. The molecule has 1 aromatic carbocycles. The molecule has 2 aromatic rings. The van der Waals surface area contributed by atoms with E-state index in [0.717, 1.165) is 5.56 Å². The van der Waals surface area contributed by atoms with Crippen molar-refractivity contribution in [1.29, 1.82) is 0 Å². The number of ether oxygens (including phenoxy) is 2. The molecule has 0 saturated carbocycles. The Morgan fingerprint density at radius 3 is 2.65 bits per heavy atom. The lowest BCUT2D eigenvalue weighted by Crippen LogP contribution is -2.36. The topological polar surface area (TPSA) is 67.8 Å². The Kier molecular flexibility index (Phi) is 7.60. The molecule has 6 nitrogen and oxygen atoms in total. The normalized spacial score (nSPS) is 11.3. The highest BCUT2D eigenvalue weighted by Crippen LogP contribution is 2.20. The zero-order valence-corrected chi connectivity index (χ0v) is 14.7. The van der Waals surface area contributed by atoms with Crippen LogP contribution in [0.2, 0.25) is 0 Å². The largest absolute Gasteiger partial charge is 0.481 e. The smallest absolute Gasteiger partial charge is 0.387 e. The quantitative estimate of drug-likeness (QED) is 0.557. The summed E-state index contributed by atoms with van der Waals surface area (Å²) in [5.74, 6) is 1.20. The molecule has 2 N–H and O–H groups in total. The van der Waals surface area contributed by atoms with Gasteiger partial charge in [-0.3, -0.25) is 0 Å². The van der Waals surface area contributed by atoms with Gasteiger partial charge in [0.1, 0.15) is 5.75 Å². The second kappa shape index (κ2) is 10.2. The molecule has 0 unspecified atom stereocenters. The van der Waals surface area contributed by atoms with Crippen LogP contribution in [0.3, 0.4) is 0 Å². The van der Waals surface area contributed by atoms with Gasteiger partial charge < -0.3 is 20.1 Å². The van der Waals surface area contributed by atoms with Crippen LogP contribution in [0.5, 0.6) is 11.6 Å². The van der Waals surface area contributed by atoms with E-state index in [1.54, 1.807) is 31.5 Å². The van der Waals surface area contributed by atoms with Gasteiger partial charge >= 0.3 is 6.61 Å². The van der Waals surface area contributed by atoms with Crippen LogP contribution in [0, 0.1) is 0 Å². The number of pyridine rings is 1. The monoisotopic (exact) mass is 364 g/mol. The first kappa shape index (κ1) is 19.4. The standard InChI is InChI=1S/C18H22F2N4O2/c1-3-21-18(24-12-14-8-6-10-22-16(14)25-2)23-11-13-7-4-5-9-15(13)26-17(19)20/h4-10,17H,3,11-12H2,1-2H3,(H2,21,23,24). The van der Waals surface area contributed by atoms with Gasteiger partial charge in [-0.15, -0.1) is 0 Å². The molecule has 0 atom stereocenters. The molecular formula is C18H22F2N4O2. The van der Waals surface area contributed by atoms with Crippen LogP contribution in [0.4, 0.5) is 8.78 Å². The molecule has 0 fully saturated rings. The van der Waals surface area contributed by atoms with Crippen LogP contribution >= 0.6 is 0 Å². The van der Waals surface area contributed by atoms with Gasteiger partial charge in [0.05, 0.1) is 13.7 Å². The van der Waals surface area contributed by atoms with Gasteiger partial charge in [0.15, 0.2) is 5.96 Å². The molecule has 26 heavy (non-hydrogen) atoms. The van der Waals surface area contributed by atoms with Gasteiger partial charge in [-0.1, -0.05) is 24.3 Å². The number of benzene rings is 1. The van der Waals surface area contributed by atoms with Gasteiger partial charge in [-0.2, -0.15) is 8.78 Å². The third kappa shape index (κ3) is 5.87. The third-order valence-corrected chi connectivity index (χ3v) is 3.43. The molecule has 0 aliphatic heterocycles. The first-order valence-corrected chi connectivity index (χ1v) is 8.16. The first-order valence-electron chi connectivity index (χ1n) is 8.16. The lowest BCUT2D eigenvalue weighted by molar-refractivity contribution is -0.0504. The van der Waals surface area contributed by atoms with Gasteiger partial charge in [0.25, 0.3) is 0 Å². The Hall–Kier alpha value is -2.90. The highest BCUT2D eigenvalue weighted by atomic mass is 19.3. The molecular weight excluding hydrogens is 342 g/mol. The van der Waals surface area contributed by atoms with Crippen LogP contribution in [0.25, 0.3) is 0 Å². The second-order valence-corrected chi connectivity index (χ2v) is 5.21. The summed E-state index contributed by atoms with van der Waals surface area (Å²) in [5.41, 5.74) is 1.45. The first-order chi connectivity index (χ1) is 12.6. The Labute approximate surface area is 151 Å². The van der Waals surface area contributed by atoms with Gasteiger partial charge in [0, 0.05) is 30.4 Å². The van der Waals surface area contributed by atoms with E-state index in [1.807, 2.05) is 19.1 Å². The summed E-state index contributed by atoms with van der Waals surface area (Å²) in [4.78, 5) is 8.62. The molecule has 8 heteroatoms. The van der Waals surface area contributed by atoms with Crippen molar-refractivity contribution in [2.75, 3.05) is 13.7 Å². The molecule has 0 aliphatic carbocycles. The van der Waals surface area contributed by atoms with Crippen molar-refractivity contribution < 1.29 is 18.3 Å². The average molecular weight is 364 g/mol. The summed E-state index contributed by atoms with van der Waals surface area (Å²) in [7, 11) is 1.55. The van der Waals surface area contributed by atoms with Crippen LogP contribution in [-0.2, 0) is 13.1 Å². The number of alkyl halides is 2. The van der Waals surface area contributed by atoms with Crippen LogP contribution in [0.1, 0.15) is 18.1 Å². The zero-order chi connectivity index (χ0) is 18.8. The average Bonchev–Trinajstić information content (AvgIpc) is 2.65. The van der Waals surface area contributed by atoms with Gasteiger partial charge in [-0.05, 0) is 19.1 Å². The number of halogens is 2. The maximum Gasteiger partial charge on any atom is 0.387 e. The number of guanidine groups is 1. The molecule has 140 valence electrons. The number of hydrogen-bond acceptors (Lipinski definition) is 4. The lowest BCUT2D eigenvalue weighted by Gasteiger charge is -2.14. The predicted molar refractivity (Wildman–Crippen MR) is 95.5 cm³/mol. The SMILES string of the molecule is CCNC(=NCc1cccnc1OC)NCc1ccccc1OC(F)F. The van der Waals surface area contributed by atoms with E-state index < -0.39 is 6.61 Å². The molecule has 0 radical (unpaired) electrons. The fourth-order valence-corrected chi connectivity index (χ4v) is 2.27. The van der Waals surface area contributed by atoms with Crippen molar-refractivity contribution in [2.24, 2.45) is 4.99 Å². The Morgan fingerprint density at radius 1 is 1.15 bits per heavy atom. The van der Waals surface area contributed by atoms with E-state index in [2.05, 4.69) is 25.3 Å². The molecule has 0 spiro atoms. The predicted octanol–water partition coefficient (Wildman–Crippen LogP) is 2.95. The maximum absolute atomic E-state index is 12.5. The fraction of sp³-hybridized carbons (Fsp3) is 0.333. The summed E-state index contributed by atoms with van der Waals surface area (Å²) in [5, 5.41) is 6.22. The lowest BCUT2D eigenvalue weighted by atomic mass is 10.2. The molecule has 0 bridgehead atoms. The third-order valence-electron chi connectivity index (χ3n) is 3.43. The maximum atomic E-state index is 12.5. The van der Waals surface area contributed by atoms with Crippen LogP contribution in [-0.4, -0.2) is 31.2 Å². The number of nitrogens with zero attached hydrogens (tertiary/aromatic N) is 2. The Morgan fingerprint density at radius 2 is 1.92 bits per heavy atom. The van der Waals surface area contributed by atoms with E-state index >= 15 is 0 Å². The summed E-state index contributed by atoms with van der Waals surface area (Å²) < 4.78 is 34.8. The van der Waals surface area contributed by atoms with Crippen molar-refractivity contribution in [1.82, 2.24) is 15.6 Å². The van der Waals surface area contributed by atoms with Gasteiger partial charge in [0.2, 0.25) is 5.88 Å². The van der Waals surface area contributed by atoms with E-state index in [0.29, 0.717) is 37.0 Å². The molecule has 2 rings (SSSR count). The van der Waals surface area contributed by atoms with Crippen molar-refractivity contribution >= 4 is 5.96 Å². The number of methoxy groups -OCH3 is 1. The van der Waals surface area contributed by atoms with E-state index in [-0.39, 0.29) is 5.75 Å². The molecule has 1 aromatic heterocycles. The van der Waals surface area contributed by atoms with Crippen molar-refractivity contribution in [3.8, 4) is 11.6 Å². The fourth-order valence-electron chi connectivity index (χ4n) is 2.27. The number of hydrogen-bond donors (Lipinski definition) is 2. The van der Waals surface area contributed by atoms with Crippen molar-refractivity contribution in [3.63, 3.8) is 0 Å². The van der Waals surface area contributed by atoms with Crippen molar-refractivity contribution in [2.45, 2.75) is 26.6 Å². The number of para-hydroxylation sites is 1. The molecule has 1 heterocycles. The van der Waals surface area contributed by atoms with Crippen molar-refractivity contribution in [3.05, 3.63) is 53.7 Å². The summed E-state index contributed by atoms with van der Waals surface area (Å²) in [6, 6.07) is 10.3. The van der Waals surface area contributed by atoms with Crippen LogP contribution in [0.15, 0.2) is 47.6 Å². The molecule has 0 aliphatic rings. The molecule has 0 amide bonds. The van der Waals surface area contributed by atoms with Gasteiger partial charge in [-0.25, -0.2) is 9.98 Å². The number of aliphatic imine (C=N–C) groups is 1. The van der Waals surface area contributed by atoms with Crippen LogP contribution < -0.4 is 20.1 Å².